The number of hydrogen-bond acceptors (Lipinski definition) is 6. The maximum atomic E-state index is 13.2. The molecular weight excluding hydrogens is 408 g/mol. The quantitative estimate of drug-likeness (QED) is 0.660. The van der Waals surface area contributed by atoms with Crippen LogP contribution in [-0.2, 0) is 4.79 Å². The van der Waals surface area contributed by atoms with Crippen molar-refractivity contribution in [2.24, 2.45) is 0 Å². The highest BCUT2D eigenvalue weighted by Crippen LogP contribution is 2.35. The van der Waals surface area contributed by atoms with Gasteiger partial charge in [-0.15, -0.1) is 0 Å². The summed E-state index contributed by atoms with van der Waals surface area (Å²) in [6.45, 7) is 2.61. The van der Waals surface area contributed by atoms with Crippen LogP contribution in [0, 0.1) is 0 Å². The van der Waals surface area contributed by atoms with Gasteiger partial charge in [-0.2, -0.15) is 5.10 Å². The standard InChI is InChI=1S/C23H24N6O3/c1-15(29-22(32)17-7-4-3-6-16(17)14-25-29)21(31)28-12-9-23(10-13-28)26-20(30)18-8-5-11-24-19(18)27(23)2/h3-8,11,14-15H,9-10,12-13H2,1-2H3,(H,26,30). The number of benzene rings is 1. The van der Waals surface area contributed by atoms with Gasteiger partial charge < -0.3 is 15.1 Å². The predicted octanol–water partition coefficient (Wildman–Crippen LogP) is 1.55. The predicted molar refractivity (Wildman–Crippen MR) is 119 cm³/mol. The molecule has 164 valence electrons. The highest BCUT2D eigenvalue weighted by Gasteiger charge is 2.45. The summed E-state index contributed by atoms with van der Waals surface area (Å²) in [5, 5.41) is 8.65. The molecule has 1 N–H and O–H groups in total. The number of likely N-dealkylation sites (tertiary alicyclic amines) is 1. The summed E-state index contributed by atoms with van der Waals surface area (Å²) in [6, 6.07) is 10.00. The molecule has 2 aromatic heterocycles. The minimum Gasteiger partial charge on any atom is -0.341 e. The van der Waals surface area contributed by atoms with Gasteiger partial charge in [0.1, 0.15) is 17.5 Å². The Bertz CT molecular complexity index is 1280. The van der Waals surface area contributed by atoms with E-state index in [9.17, 15) is 14.4 Å². The number of hydrogen-bond donors (Lipinski definition) is 1. The Labute approximate surface area is 184 Å². The van der Waals surface area contributed by atoms with Gasteiger partial charge in [0.2, 0.25) is 5.91 Å². The largest absolute Gasteiger partial charge is 0.341 e. The number of pyridine rings is 1. The van der Waals surface area contributed by atoms with E-state index in [1.807, 2.05) is 24.1 Å². The van der Waals surface area contributed by atoms with Crippen molar-refractivity contribution in [3.63, 3.8) is 0 Å². The topological polar surface area (TPSA) is 100 Å². The molecule has 0 bridgehead atoms. The lowest BCUT2D eigenvalue weighted by molar-refractivity contribution is -0.136. The monoisotopic (exact) mass is 432 g/mol. The van der Waals surface area contributed by atoms with E-state index in [2.05, 4.69) is 15.4 Å². The van der Waals surface area contributed by atoms with E-state index in [4.69, 9.17) is 0 Å². The number of fused-ring (bicyclic) bond motifs is 2. The highest BCUT2D eigenvalue weighted by molar-refractivity contribution is 6.01. The molecule has 1 aromatic carbocycles. The van der Waals surface area contributed by atoms with Crippen LogP contribution in [0.5, 0.6) is 0 Å². The second-order valence-corrected chi connectivity index (χ2v) is 8.40. The van der Waals surface area contributed by atoms with Crippen LogP contribution in [-0.4, -0.2) is 57.3 Å². The fraction of sp³-hybridized carbons (Fsp3) is 0.348. The Morgan fingerprint density at radius 1 is 1.12 bits per heavy atom. The molecule has 1 spiro atoms. The summed E-state index contributed by atoms with van der Waals surface area (Å²) in [5.41, 5.74) is -0.315. The SMILES string of the molecule is CC(C(=O)N1CCC2(CC1)NC(=O)c1cccnc1N2C)n1ncc2ccccc2c1=O. The van der Waals surface area contributed by atoms with Crippen LogP contribution in [0.15, 0.2) is 53.6 Å². The molecule has 0 aliphatic carbocycles. The van der Waals surface area contributed by atoms with Crippen LogP contribution in [0.1, 0.15) is 36.2 Å². The van der Waals surface area contributed by atoms with Crippen LogP contribution in [0.3, 0.4) is 0 Å². The molecule has 32 heavy (non-hydrogen) atoms. The Hall–Kier alpha value is -3.75. The number of carbonyl (C=O) groups excluding carboxylic acids is 2. The van der Waals surface area contributed by atoms with Gasteiger partial charge >= 0.3 is 0 Å². The summed E-state index contributed by atoms with van der Waals surface area (Å²) in [6.07, 6.45) is 4.41. The van der Waals surface area contributed by atoms with Crippen LogP contribution in [0.4, 0.5) is 5.82 Å². The molecule has 1 saturated heterocycles. The average Bonchev–Trinajstić information content (AvgIpc) is 2.83. The van der Waals surface area contributed by atoms with Crippen molar-refractivity contribution >= 4 is 28.4 Å². The zero-order chi connectivity index (χ0) is 22.5. The van der Waals surface area contributed by atoms with Crippen molar-refractivity contribution in [3.8, 4) is 0 Å². The first-order valence-electron chi connectivity index (χ1n) is 10.7. The van der Waals surface area contributed by atoms with E-state index in [0.29, 0.717) is 42.7 Å². The molecule has 4 heterocycles. The number of nitrogens with zero attached hydrogens (tertiary/aromatic N) is 5. The van der Waals surface area contributed by atoms with E-state index in [-0.39, 0.29) is 17.4 Å². The zero-order valence-corrected chi connectivity index (χ0v) is 18.0. The van der Waals surface area contributed by atoms with E-state index < -0.39 is 11.7 Å². The number of anilines is 1. The molecule has 0 saturated carbocycles. The van der Waals surface area contributed by atoms with Crippen LogP contribution >= 0.6 is 0 Å². The summed E-state index contributed by atoms with van der Waals surface area (Å²) < 4.78 is 1.25. The Morgan fingerprint density at radius 2 is 1.88 bits per heavy atom. The lowest BCUT2D eigenvalue weighted by Gasteiger charge is -2.50. The van der Waals surface area contributed by atoms with Crippen molar-refractivity contribution in [1.29, 1.82) is 0 Å². The molecule has 1 atom stereocenters. The molecule has 2 amide bonds. The van der Waals surface area contributed by atoms with Crippen LogP contribution in [0.25, 0.3) is 10.8 Å². The van der Waals surface area contributed by atoms with Crippen LogP contribution < -0.4 is 15.8 Å². The molecule has 1 fully saturated rings. The lowest BCUT2D eigenvalue weighted by atomic mass is 9.91. The summed E-state index contributed by atoms with van der Waals surface area (Å²) in [7, 11) is 1.92. The van der Waals surface area contributed by atoms with Crippen molar-refractivity contribution < 1.29 is 9.59 Å². The minimum atomic E-state index is -0.720. The maximum Gasteiger partial charge on any atom is 0.275 e. The third kappa shape index (κ3) is 3.04. The summed E-state index contributed by atoms with van der Waals surface area (Å²) in [4.78, 5) is 46.9. The Balaban J connectivity index is 1.35. The Kier molecular flexibility index (Phi) is 4.69. The van der Waals surface area contributed by atoms with Gasteiger partial charge in [-0.3, -0.25) is 14.4 Å². The number of nitrogens with one attached hydrogen (secondary N) is 1. The first-order chi connectivity index (χ1) is 15.4. The van der Waals surface area contributed by atoms with Gasteiger partial charge in [0.05, 0.1) is 17.1 Å². The van der Waals surface area contributed by atoms with E-state index in [0.717, 1.165) is 5.39 Å². The van der Waals surface area contributed by atoms with Gasteiger partial charge in [-0.25, -0.2) is 9.67 Å². The number of rotatable bonds is 2. The zero-order valence-electron chi connectivity index (χ0n) is 18.0. The molecular formula is C23H24N6O3. The van der Waals surface area contributed by atoms with Gasteiger partial charge in [-0.05, 0) is 25.1 Å². The molecule has 0 radical (unpaired) electrons. The second-order valence-electron chi connectivity index (χ2n) is 8.40. The molecule has 3 aromatic rings. The molecule has 9 heteroatoms. The van der Waals surface area contributed by atoms with Crippen LogP contribution in [0.2, 0.25) is 0 Å². The minimum absolute atomic E-state index is 0.147. The molecule has 2 aliphatic rings. The van der Waals surface area contributed by atoms with Gasteiger partial charge in [0.25, 0.3) is 11.5 Å². The van der Waals surface area contributed by atoms with Crippen molar-refractivity contribution in [2.75, 3.05) is 25.0 Å². The molecule has 5 rings (SSSR count). The van der Waals surface area contributed by atoms with E-state index in [1.54, 1.807) is 48.5 Å². The fourth-order valence-electron chi connectivity index (χ4n) is 4.71. The first-order valence-corrected chi connectivity index (χ1v) is 10.7. The number of aromatic nitrogens is 3. The molecule has 9 nitrogen and oxygen atoms in total. The van der Waals surface area contributed by atoms with E-state index in [1.165, 1.54) is 4.68 Å². The first kappa shape index (κ1) is 20.2. The average molecular weight is 432 g/mol. The van der Waals surface area contributed by atoms with Gasteiger partial charge in [0, 0.05) is 44.6 Å². The Morgan fingerprint density at radius 3 is 2.66 bits per heavy atom. The summed E-state index contributed by atoms with van der Waals surface area (Å²) >= 11 is 0. The van der Waals surface area contributed by atoms with E-state index >= 15 is 0 Å². The van der Waals surface area contributed by atoms with Gasteiger partial charge in [-0.1, -0.05) is 18.2 Å². The van der Waals surface area contributed by atoms with Crippen molar-refractivity contribution in [2.45, 2.75) is 31.5 Å². The third-order valence-corrected chi connectivity index (χ3v) is 6.68. The smallest absolute Gasteiger partial charge is 0.275 e. The van der Waals surface area contributed by atoms with Crippen molar-refractivity contribution in [1.82, 2.24) is 25.0 Å². The van der Waals surface area contributed by atoms with Crippen molar-refractivity contribution in [3.05, 3.63) is 64.7 Å². The normalized spacial score (nSPS) is 18.4. The van der Waals surface area contributed by atoms with Gasteiger partial charge in [0.15, 0.2) is 0 Å². The highest BCUT2D eigenvalue weighted by atomic mass is 16.2. The molecule has 1 unspecified atom stereocenters. The maximum absolute atomic E-state index is 13.2. The third-order valence-electron chi connectivity index (χ3n) is 6.68. The fourth-order valence-corrected chi connectivity index (χ4v) is 4.71. The number of amides is 2. The number of carbonyl (C=O) groups is 2. The molecule has 2 aliphatic heterocycles. The number of piperidine rings is 1. The second kappa shape index (κ2) is 7.44. The summed E-state index contributed by atoms with van der Waals surface area (Å²) in [5.74, 6) is 0.343. The lowest BCUT2D eigenvalue weighted by Crippen LogP contribution is -2.67.